The normalized spacial score (nSPS) is 11.8. The third kappa shape index (κ3) is 4.33. The van der Waals surface area contributed by atoms with Gasteiger partial charge >= 0.3 is 5.97 Å². The van der Waals surface area contributed by atoms with Gasteiger partial charge in [-0.1, -0.05) is 24.3 Å². The Balaban J connectivity index is 1.57. The molecular weight excluding hydrogens is 417 g/mol. The zero-order valence-electron chi connectivity index (χ0n) is 16.6. The van der Waals surface area contributed by atoms with Crippen molar-refractivity contribution in [1.29, 1.82) is 0 Å². The molecule has 0 fully saturated rings. The Labute approximate surface area is 181 Å². The maximum Gasteiger partial charge on any atom is 0.305 e. The summed E-state index contributed by atoms with van der Waals surface area (Å²) < 4.78 is 16.6. The first kappa shape index (κ1) is 20.8. The molecule has 2 aromatic carbocycles. The molecule has 0 saturated heterocycles. The Bertz CT molecular complexity index is 1250. The number of halogens is 1. The molecule has 0 aliphatic rings. The Morgan fingerprint density at radius 2 is 1.84 bits per heavy atom. The molecule has 9 nitrogen and oxygen atoms in total. The lowest BCUT2D eigenvalue weighted by Crippen LogP contribution is -2.30. The number of carboxylic acids is 1. The molecule has 4 aromatic rings. The zero-order chi connectivity index (χ0) is 22.7. The summed E-state index contributed by atoms with van der Waals surface area (Å²) >= 11 is 0. The maximum atomic E-state index is 14.0. The van der Waals surface area contributed by atoms with Gasteiger partial charge in [0.15, 0.2) is 5.69 Å². The topological polar surface area (TPSA) is 122 Å². The molecule has 0 aliphatic carbocycles. The first-order valence-corrected chi connectivity index (χ1v) is 9.59. The summed E-state index contributed by atoms with van der Waals surface area (Å²) in [6, 6.07) is 14.6. The zero-order valence-corrected chi connectivity index (χ0v) is 16.6. The molecule has 162 valence electrons. The average molecular weight is 435 g/mol. The fourth-order valence-electron chi connectivity index (χ4n) is 3.22. The van der Waals surface area contributed by atoms with Crippen molar-refractivity contribution in [3.63, 3.8) is 0 Å². The van der Waals surface area contributed by atoms with Crippen LogP contribution >= 0.6 is 0 Å². The van der Waals surface area contributed by atoms with E-state index < -0.39 is 29.6 Å². The Hall–Kier alpha value is -4.47. The van der Waals surface area contributed by atoms with Crippen molar-refractivity contribution in [2.75, 3.05) is 0 Å². The number of aromatic nitrogens is 4. The minimum absolute atomic E-state index is 0.0275. The van der Waals surface area contributed by atoms with Gasteiger partial charge in [-0.2, -0.15) is 14.9 Å². The van der Waals surface area contributed by atoms with E-state index in [0.29, 0.717) is 5.56 Å². The summed E-state index contributed by atoms with van der Waals surface area (Å²) in [5.41, 5.74) is 1.12. The number of amides is 1. The molecule has 0 aliphatic heterocycles. The number of nitrogens with zero attached hydrogens (tertiary/aromatic N) is 4. The van der Waals surface area contributed by atoms with Gasteiger partial charge < -0.3 is 15.5 Å². The van der Waals surface area contributed by atoms with E-state index in [1.54, 1.807) is 53.5 Å². The highest BCUT2D eigenvalue weighted by Crippen LogP contribution is 2.23. The molecule has 0 saturated carbocycles. The monoisotopic (exact) mass is 435 g/mol. The quantitative estimate of drug-likeness (QED) is 0.410. The van der Waals surface area contributed by atoms with Gasteiger partial charge in [-0.15, -0.1) is 0 Å². The van der Waals surface area contributed by atoms with Gasteiger partial charge in [-0.3, -0.25) is 9.59 Å². The van der Waals surface area contributed by atoms with E-state index in [1.807, 2.05) is 0 Å². The van der Waals surface area contributed by atoms with E-state index in [-0.39, 0.29) is 17.8 Å². The van der Waals surface area contributed by atoms with Crippen molar-refractivity contribution in [3.05, 3.63) is 90.1 Å². The van der Waals surface area contributed by atoms with E-state index in [2.05, 4.69) is 15.5 Å². The van der Waals surface area contributed by atoms with Crippen LogP contribution in [0.2, 0.25) is 0 Å². The molecule has 0 bridgehead atoms. The first-order chi connectivity index (χ1) is 15.4. The number of carbonyl (C=O) groups is 2. The molecule has 10 heteroatoms. The van der Waals surface area contributed by atoms with E-state index >= 15 is 0 Å². The molecule has 1 atom stereocenters. The van der Waals surface area contributed by atoms with Crippen LogP contribution in [0, 0.1) is 5.82 Å². The first-order valence-electron chi connectivity index (χ1n) is 9.59. The van der Waals surface area contributed by atoms with Crippen molar-refractivity contribution >= 4 is 11.9 Å². The summed E-state index contributed by atoms with van der Waals surface area (Å²) in [6.45, 7) is 0. The van der Waals surface area contributed by atoms with Crippen molar-refractivity contribution in [3.8, 4) is 17.3 Å². The van der Waals surface area contributed by atoms with Crippen LogP contribution in [0.25, 0.3) is 11.4 Å². The minimum Gasteiger partial charge on any atom is -0.493 e. The van der Waals surface area contributed by atoms with Crippen LogP contribution in [-0.2, 0) is 4.79 Å². The van der Waals surface area contributed by atoms with Crippen molar-refractivity contribution in [2.45, 2.75) is 12.5 Å². The Morgan fingerprint density at radius 3 is 2.50 bits per heavy atom. The smallest absolute Gasteiger partial charge is 0.305 e. The molecule has 3 N–H and O–H groups in total. The third-order valence-corrected chi connectivity index (χ3v) is 4.75. The highest BCUT2D eigenvalue weighted by molar-refractivity contribution is 5.93. The number of nitrogens with one attached hydrogen (secondary N) is 1. The number of carbonyl (C=O) groups excluding carboxylic acids is 1. The van der Waals surface area contributed by atoms with Crippen molar-refractivity contribution in [1.82, 2.24) is 24.9 Å². The van der Waals surface area contributed by atoms with Crippen LogP contribution in [0.4, 0.5) is 4.39 Å². The van der Waals surface area contributed by atoms with Gasteiger partial charge in [0.1, 0.15) is 11.5 Å². The van der Waals surface area contributed by atoms with Gasteiger partial charge in [0, 0.05) is 18.5 Å². The predicted molar refractivity (Wildman–Crippen MR) is 111 cm³/mol. The second-order valence-corrected chi connectivity index (χ2v) is 6.92. The van der Waals surface area contributed by atoms with Crippen LogP contribution < -0.4 is 5.32 Å². The highest BCUT2D eigenvalue weighted by atomic mass is 19.1. The number of rotatable bonds is 7. The third-order valence-electron chi connectivity index (χ3n) is 4.75. The second kappa shape index (κ2) is 8.72. The lowest BCUT2D eigenvalue weighted by molar-refractivity contribution is -0.137. The average Bonchev–Trinajstić information content (AvgIpc) is 3.44. The molecule has 2 heterocycles. The van der Waals surface area contributed by atoms with E-state index in [9.17, 15) is 24.2 Å². The summed E-state index contributed by atoms with van der Waals surface area (Å²) in [5, 5.41) is 30.1. The lowest BCUT2D eigenvalue weighted by Gasteiger charge is -2.17. The molecule has 4 rings (SSSR count). The number of para-hydroxylation sites is 1. The van der Waals surface area contributed by atoms with Gasteiger partial charge in [0.25, 0.3) is 5.91 Å². The van der Waals surface area contributed by atoms with E-state index in [0.717, 1.165) is 16.4 Å². The number of benzene rings is 2. The van der Waals surface area contributed by atoms with Crippen LogP contribution in [0.5, 0.6) is 5.88 Å². The SMILES string of the molecule is O=C(O)CC(NC(=O)c1cc(O)n(-c2ccccc2F)n1)c1ccc(-n2cccn2)cc1. The largest absolute Gasteiger partial charge is 0.493 e. The Kier molecular flexibility index (Phi) is 5.67. The van der Waals surface area contributed by atoms with Crippen LogP contribution in [0.15, 0.2) is 73.1 Å². The molecule has 1 unspecified atom stereocenters. The Morgan fingerprint density at radius 1 is 1.09 bits per heavy atom. The number of hydrogen-bond donors (Lipinski definition) is 3. The van der Waals surface area contributed by atoms with Crippen LogP contribution in [-0.4, -0.2) is 41.7 Å². The summed E-state index contributed by atoms with van der Waals surface area (Å²) in [7, 11) is 0. The van der Waals surface area contributed by atoms with Gasteiger partial charge in [0.05, 0.1) is 18.2 Å². The minimum atomic E-state index is -1.11. The van der Waals surface area contributed by atoms with E-state index in [1.165, 1.54) is 18.2 Å². The van der Waals surface area contributed by atoms with Crippen LogP contribution in [0.3, 0.4) is 0 Å². The maximum absolute atomic E-state index is 14.0. The lowest BCUT2D eigenvalue weighted by atomic mass is 10.0. The molecule has 1 amide bonds. The summed E-state index contributed by atoms with van der Waals surface area (Å²) in [6.07, 6.45) is 3.04. The number of aliphatic carboxylic acids is 1. The molecule has 0 radical (unpaired) electrons. The molecule has 0 spiro atoms. The summed E-state index contributed by atoms with van der Waals surface area (Å²) in [4.78, 5) is 24.1. The molecular formula is C22H18FN5O4. The summed E-state index contributed by atoms with van der Waals surface area (Å²) in [5.74, 6) is -2.87. The predicted octanol–water partition coefficient (Wildman–Crippen LogP) is 2.85. The van der Waals surface area contributed by atoms with Gasteiger partial charge in [0.2, 0.25) is 5.88 Å². The van der Waals surface area contributed by atoms with Gasteiger partial charge in [-0.05, 0) is 35.9 Å². The number of aromatic hydroxyl groups is 1. The van der Waals surface area contributed by atoms with Crippen molar-refractivity contribution < 1.29 is 24.2 Å². The number of carboxylic acid groups (broad SMARTS) is 1. The van der Waals surface area contributed by atoms with Gasteiger partial charge in [-0.25, -0.2) is 9.07 Å². The van der Waals surface area contributed by atoms with Crippen LogP contribution in [0.1, 0.15) is 28.5 Å². The van der Waals surface area contributed by atoms with E-state index in [4.69, 9.17) is 0 Å². The van der Waals surface area contributed by atoms with Crippen molar-refractivity contribution in [2.24, 2.45) is 0 Å². The fraction of sp³-hybridized carbons (Fsp3) is 0.0909. The fourth-order valence-corrected chi connectivity index (χ4v) is 3.22. The molecule has 2 aromatic heterocycles. The standard InChI is InChI=1S/C22H18FN5O4/c23-16-4-1-2-5-19(16)28-20(29)12-18(26-28)22(32)25-17(13-21(30)31)14-6-8-15(9-7-14)27-11-3-10-24-27/h1-12,17,29H,13H2,(H,25,32)(H,30,31). The second-order valence-electron chi connectivity index (χ2n) is 6.92. The highest BCUT2D eigenvalue weighted by Gasteiger charge is 2.22. The number of hydrogen-bond acceptors (Lipinski definition) is 5. The molecule has 32 heavy (non-hydrogen) atoms.